The lowest BCUT2D eigenvalue weighted by atomic mass is 9.94. The van der Waals surface area contributed by atoms with E-state index in [1.165, 1.54) is 50.6 Å². The minimum Gasteiger partial charge on any atom is -0.504 e. The SMILES string of the molecule is COc1cc(C(=O)O[C@H]2CCCC[C@@H]2OC(=O)c2ccc(O)c(OC)c2)ccc1O. The molecule has 3 rings (SSSR count). The molecular formula is C22H24O8. The third-order valence-electron chi connectivity index (χ3n) is 4.99. The Morgan fingerprint density at radius 3 is 1.53 bits per heavy atom. The smallest absolute Gasteiger partial charge is 0.338 e. The molecule has 2 N–H and O–H groups in total. The lowest BCUT2D eigenvalue weighted by Crippen LogP contribution is -2.37. The zero-order valence-electron chi connectivity index (χ0n) is 16.8. The maximum atomic E-state index is 12.6. The van der Waals surface area contributed by atoms with Crippen LogP contribution in [0.25, 0.3) is 0 Å². The molecule has 0 heterocycles. The highest BCUT2D eigenvalue weighted by Gasteiger charge is 2.32. The number of rotatable bonds is 6. The zero-order chi connectivity index (χ0) is 21.7. The highest BCUT2D eigenvalue weighted by Crippen LogP contribution is 2.30. The Labute approximate surface area is 173 Å². The lowest BCUT2D eigenvalue weighted by molar-refractivity contribution is -0.0514. The molecule has 2 aromatic rings. The molecule has 1 saturated carbocycles. The van der Waals surface area contributed by atoms with Gasteiger partial charge in [-0.15, -0.1) is 0 Å². The van der Waals surface area contributed by atoms with Crippen LogP contribution in [0.3, 0.4) is 0 Å². The molecule has 0 saturated heterocycles. The van der Waals surface area contributed by atoms with Crippen molar-refractivity contribution in [3.05, 3.63) is 47.5 Å². The van der Waals surface area contributed by atoms with Gasteiger partial charge in [-0.25, -0.2) is 9.59 Å². The number of phenols is 2. The highest BCUT2D eigenvalue weighted by atomic mass is 16.6. The number of aromatic hydroxyl groups is 2. The van der Waals surface area contributed by atoms with Gasteiger partial charge in [0.15, 0.2) is 23.0 Å². The third-order valence-corrected chi connectivity index (χ3v) is 4.99. The normalized spacial score (nSPS) is 18.3. The Morgan fingerprint density at radius 2 is 1.17 bits per heavy atom. The summed E-state index contributed by atoms with van der Waals surface area (Å²) in [6.45, 7) is 0. The standard InChI is InChI=1S/C22H24O8/c1-27-19-11-13(7-9-15(19)23)21(25)29-17-5-3-4-6-18(17)30-22(26)14-8-10-16(24)20(12-14)28-2/h7-12,17-18,23-24H,3-6H2,1-2H3/t17-,18-/m0/s1. The first-order valence-corrected chi connectivity index (χ1v) is 9.59. The number of phenolic OH excluding ortho intramolecular Hbond substituents is 2. The van der Waals surface area contributed by atoms with Gasteiger partial charge in [-0.05, 0) is 62.1 Å². The molecule has 8 heteroatoms. The topological polar surface area (TPSA) is 112 Å². The van der Waals surface area contributed by atoms with Crippen molar-refractivity contribution in [1.82, 2.24) is 0 Å². The lowest BCUT2D eigenvalue weighted by Gasteiger charge is -2.30. The summed E-state index contributed by atoms with van der Waals surface area (Å²) in [5.41, 5.74) is 0.451. The fraction of sp³-hybridized carbons (Fsp3) is 0.364. The van der Waals surface area contributed by atoms with E-state index in [1.54, 1.807) is 0 Å². The van der Waals surface area contributed by atoms with E-state index in [0.29, 0.717) is 12.8 Å². The summed E-state index contributed by atoms with van der Waals surface area (Å²) in [5, 5.41) is 19.4. The van der Waals surface area contributed by atoms with E-state index >= 15 is 0 Å². The Kier molecular flexibility index (Phi) is 6.66. The van der Waals surface area contributed by atoms with Crippen molar-refractivity contribution in [2.24, 2.45) is 0 Å². The van der Waals surface area contributed by atoms with Gasteiger partial charge in [0.1, 0.15) is 12.2 Å². The Bertz CT molecular complexity index is 848. The van der Waals surface area contributed by atoms with Crippen LogP contribution in [0.5, 0.6) is 23.0 Å². The van der Waals surface area contributed by atoms with Gasteiger partial charge in [-0.1, -0.05) is 0 Å². The average Bonchev–Trinajstić information content (AvgIpc) is 2.75. The van der Waals surface area contributed by atoms with Gasteiger partial charge in [-0.2, -0.15) is 0 Å². The number of ether oxygens (including phenoxy) is 4. The first kappa shape index (κ1) is 21.3. The van der Waals surface area contributed by atoms with Crippen LogP contribution in [-0.2, 0) is 9.47 Å². The Morgan fingerprint density at radius 1 is 0.767 bits per heavy atom. The molecule has 0 aromatic heterocycles. The number of carbonyl (C=O) groups excluding carboxylic acids is 2. The van der Waals surface area contributed by atoms with Crippen LogP contribution in [0.2, 0.25) is 0 Å². The summed E-state index contributed by atoms with van der Waals surface area (Å²) in [4.78, 5) is 25.1. The van der Waals surface area contributed by atoms with Crippen molar-refractivity contribution in [2.45, 2.75) is 37.9 Å². The molecule has 0 radical (unpaired) electrons. The van der Waals surface area contributed by atoms with Crippen LogP contribution in [0, 0.1) is 0 Å². The summed E-state index contributed by atoms with van der Waals surface area (Å²) >= 11 is 0. The van der Waals surface area contributed by atoms with Gasteiger partial charge >= 0.3 is 11.9 Å². The number of hydrogen-bond acceptors (Lipinski definition) is 8. The Hall–Kier alpha value is -3.42. The van der Waals surface area contributed by atoms with Crippen LogP contribution in [-0.4, -0.2) is 48.6 Å². The molecule has 160 valence electrons. The van der Waals surface area contributed by atoms with Crippen molar-refractivity contribution in [3.63, 3.8) is 0 Å². The quantitative estimate of drug-likeness (QED) is 0.689. The average molecular weight is 416 g/mol. The molecular weight excluding hydrogens is 392 g/mol. The van der Waals surface area contributed by atoms with E-state index < -0.39 is 24.1 Å². The molecule has 1 fully saturated rings. The summed E-state index contributed by atoms with van der Waals surface area (Å²) in [7, 11) is 2.78. The molecule has 1 aliphatic carbocycles. The molecule has 2 aromatic carbocycles. The zero-order valence-corrected chi connectivity index (χ0v) is 16.8. The predicted molar refractivity (Wildman–Crippen MR) is 106 cm³/mol. The largest absolute Gasteiger partial charge is 0.504 e. The van der Waals surface area contributed by atoms with Crippen molar-refractivity contribution in [2.75, 3.05) is 14.2 Å². The first-order chi connectivity index (χ1) is 14.4. The second kappa shape index (κ2) is 9.39. The molecule has 0 bridgehead atoms. The summed E-state index contributed by atoms with van der Waals surface area (Å²) < 4.78 is 21.3. The van der Waals surface area contributed by atoms with E-state index in [2.05, 4.69) is 0 Å². The summed E-state index contributed by atoms with van der Waals surface area (Å²) in [5.74, 6) is -1.01. The predicted octanol–water partition coefficient (Wildman–Crippen LogP) is 3.44. The number of benzene rings is 2. The van der Waals surface area contributed by atoms with Crippen LogP contribution in [0.4, 0.5) is 0 Å². The minimum absolute atomic E-state index is 0.0807. The number of carbonyl (C=O) groups is 2. The second-order valence-electron chi connectivity index (χ2n) is 6.95. The molecule has 1 aliphatic rings. The molecule has 0 unspecified atom stereocenters. The molecule has 30 heavy (non-hydrogen) atoms. The monoisotopic (exact) mass is 416 g/mol. The fourth-order valence-electron chi connectivity index (χ4n) is 3.35. The number of hydrogen-bond donors (Lipinski definition) is 2. The molecule has 0 spiro atoms. The van der Waals surface area contributed by atoms with Gasteiger partial charge in [0.2, 0.25) is 0 Å². The summed E-state index contributed by atoms with van der Waals surface area (Å²) in [6, 6.07) is 8.37. The van der Waals surface area contributed by atoms with Gasteiger partial charge in [0.25, 0.3) is 0 Å². The van der Waals surface area contributed by atoms with Crippen LogP contribution in [0.15, 0.2) is 36.4 Å². The van der Waals surface area contributed by atoms with E-state index in [4.69, 9.17) is 18.9 Å². The molecule has 2 atom stereocenters. The van der Waals surface area contributed by atoms with E-state index in [9.17, 15) is 19.8 Å². The molecule has 8 nitrogen and oxygen atoms in total. The van der Waals surface area contributed by atoms with E-state index in [0.717, 1.165) is 12.8 Å². The first-order valence-electron chi connectivity index (χ1n) is 9.59. The minimum atomic E-state index is -0.590. The van der Waals surface area contributed by atoms with Crippen LogP contribution < -0.4 is 9.47 Å². The van der Waals surface area contributed by atoms with Crippen molar-refractivity contribution >= 4 is 11.9 Å². The summed E-state index contributed by atoms with van der Waals surface area (Å²) in [6.07, 6.45) is 1.65. The van der Waals surface area contributed by atoms with Crippen LogP contribution >= 0.6 is 0 Å². The van der Waals surface area contributed by atoms with Crippen molar-refractivity contribution in [3.8, 4) is 23.0 Å². The fourth-order valence-corrected chi connectivity index (χ4v) is 3.35. The third kappa shape index (κ3) is 4.76. The second-order valence-corrected chi connectivity index (χ2v) is 6.95. The maximum Gasteiger partial charge on any atom is 0.338 e. The number of esters is 2. The Balaban J connectivity index is 1.70. The highest BCUT2D eigenvalue weighted by molar-refractivity contribution is 5.91. The van der Waals surface area contributed by atoms with Crippen LogP contribution in [0.1, 0.15) is 46.4 Å². The van der Waals surface area contributed by atoms with Gasteiger partial charge in [-0.3, -0.25) is 0 Å². The van der Waals surface area contributed by atoms with E-state index in [1.807, 2.05) is 0 Å². The van der Waals surface area contributed by atoms with Crippen molar-refractivity contribution < 1.29 is 38.7 Å². The molecule has 0 aliphatic heterocycles. The van der Waals surface area contributed by atoms with Crippen molar-refractivity contribution in [1.29, 1.82) is 0 Å². The van der Waals surface area contributed by atoms with Gasteiger partial charge in [0.05, 0.1) is 25.3 Å². The van der Waals surface area contributed by atoms with E-state index in [-0.39, 0.29) is 34.1 Å². The van der Waals surface area contributed by atoms with Gasteiger partial charge in [0, 0.05) is 0 Å². The van der Waals surface area contributed by atoms with Gasteiger partial charge < -0.3 is 29.2 Å². The number of methoxy groups -OCH3 is 2. The molecule has 0 amide bonds. The maximum absolute atomic E-state index is 12.6.